The SMILES string of the molecule is COc1ccc(N=C2NC(=O)/C(=C/c3ccc(OCc4ccccc4Cl)c(OC)c3)S2)cc1. The molecule has 0 atom stereocenters. The minimum atomic E-state index is -0.203. The predicted molar refractivity (Wildman–Crippen MR) is 133 cm³/mol. The predicted octanol–water partition coefficient (Wildman–Crippen LogP) is 5.83. The highest BCUT2D eigenvalue weighted by Gasteiger charge is 2.24. The first-order valence-electron chi connectivity index (χ1n) is 10.0. The molecule has 1 amide bonds. The summed E-state index contributed by atoms with van der Waals surface area (Å²) in [6, 6.07) is 20.3. The number of rotatable bonds is 7. The van der Waals surface area contributed by atoms with Crippen LogP contribution in [0.1, 0.15) is 11.1 Å². The van der Waals surface area contributed by atoms with E-state index < -0.39 is 0 Å². The van der Waals surface area contributed by atoms with Gasteiger partial charge in [-0.15, -0.1) is 0 Å². The van der Waals surface area contributed by atoms with Crippen LogP contribution in [0.4, 0.5) is 5.69 Å². The van der Waals surface area contributed by atoms with E-state index in [2.05, 4.69) is 10.3 Å². The molecule has 6 nitrogen and oxygen atoms in total. The van der Waals surface area contributed by atoms with Gasteiger partial charge in [0.15, 0.2) is 16.7 Å². The van der Waals surface area contributed by atoms with Crippen molar-refractivity contribution in [1.29, 1.82) is 0 Å². The number of ether oxygens (including phenoxy) is 3. The van der Waals surface area contributed by atoms with E-state index in [9.17, 15) is 4.79 Å². The quantitative estimate of drug-likeness (QED) is 0.431. The van der Waals surface area contributed by atoms with Gasteiger partial charge in [0.1, 0.15) is 12.4 Å². The first-order chi connectivity index (χ1) is 16.1. The van der Waals surface area contributed by atoms with E-state index in [1.165, 1.54) is 11.8 Å². The minimum absolute atomic E-state index is 0.203. The number of carbonyl (C=O) groups excluding carboxylic acids is 1. The van der Waals surface area contributed by atoms with Gasteiger partial charge in [-0.1, -0.05) is 35.9 Å². The van der Waals surface area contributed by atoms with Gasteiger partial charge in [0.2, 0.25) is 0 Å². The summed E-state index contributed by atoms with van der Waals surface area (Å²) in [5, 5.41) is 3.96. The summed E-state index contributed by atoms with van der Waals surface area (Å²) in [4.78, 5) is 17.4. The van der Waals surface area contributed by atoms with E-state index in [4.69, 9.17) is 25.8 Å². The van der Waals surface area contributed by atoms with Crippen molar-refractivity contribution in [3.8, 4) is 17.2 Å². The third-order valence-corrected chi connectivity index (χ3v) is 6.06. The van der Waals surface area contributed by atoms with Crippen LogP contribution in [0.5, 0.6) is 17.2 Å². The summed E-state index contributed by atoms with van der Waals surface area (Å²) in [7, 11) is 3.18. The van der Waals surface area contributed by atoms with E-state index in [0.29, 0.717) is 33.2 Å². The first-order valence-corrected chi connectivity index (χ1v) is 11.2. The van der Waals surface area contributed by atoms with E-state index in [1.807, 2.05) is 66.7 Å². The monoisotopic (exact) mass is 480 g/mol. The maximum absolute atomic E-state index is 12.4. The molecule has 0 spiro atoms. The Morgan fingerprint density at radius 2 is 1.79 bits per heavy atom. The van der Waals surface area contributed by atoms with Crippen molar-refractivity contribution < 1.29 is 19.0 Å². The van der Waals surface area contributed by atoms with Crippen LogP contribution in [0.25, 0.3) is 6.08 Å². The topological polar surface area (TPSA) is 69.2 Å². The zero-order chi connectivity index (χ0) is 23.2. The molecule has 0 bridgehead atoms. The van der Waals surface area contributed by atoms with Gasteiger partial charge in [-0.3, -0.25) is 4.79 Å². The Bertz CT molecular complexity index is 1230. The van der Waals surface area contributed by atoms with Crippen LogP contribution in [0.15, 0.2) is 76.6 Å². The molecule has 1 fully saturated rings. The van der Waals surface area contributed by atoms with Gasteiger partial charge >= 0.3 is 0 Å². The molecule has 1 aliphatic rings. The molecular weight excluding hydrogens is 460 g/mol. The van der Waals surface area contributed by atoms with Crippen LogP contribution in [-0.4, -0.2) is 25.3 Å². The second-order valence-electron chi connectivity index (χ2n) is 6.97. The molecule has 0 radical (unpaired) electrons. The van der Waals surface area contributed by atoms with Crippen molar-refractivity contribution >= 4 is 46.2 Å². The zero-order valence-corrected chi connectivity index (χ0v) is 19.6. The van der Waals surface area contributed by atoms with Crippen LogP contribution in [-0.2, 0) is 11.4 Å². The number of thioether (sulfide) groups is 1. The molecule has 8 heteroatoms. The van der Waals surface area contributed by atoms with E-state index in [-0.39, 0.29) is 5.91 Å². The number of benzene rings is 3. The lowest BCUT2D eigenvalue weighted by molar-refractivity contribution is -0.115. The van der Waals surface area contributed by atoms with Crippen molar-refractivity contribution in [3.63, 3.8) is 0 Å². The summed E-state index contributed by atoms with van der Waals surface area (Å²) >= 11 is 7.48. The van der Waals surface area contributed by atoms with Crippen LogP contribution >= 0.6 is 23.4 Å². The lowest BCUT2D eigenvalue weighted by atomic mass is 10.2. The molecule has 4 rings (SSSR count). The van der Waals surface area contributed by atoms with Crippen molar-refractivity contribution in [2.45, 2.75) is 6.61 Å². The maximum atomic E-state index is 12.4. The average molecular weight is 481 g/mol. The summed E-state index contributed by atoms with van der Waals surface area (Å²) in [5.74, 6) is 1.69. The van der Waals surface area contributed by atoms with Gasteiger partial charge in [-0.2, -0.15) is 0 Å². The van der Waals surface area contributed by atoms with Gasteiger partial charge in [0.25, 0.3) is 5.91 Å². The van der Waals surface area contributed by atoms with Crippen molar-refractivity contribution in [2.75, 3.05) is 14.2 Å². The highest BCUT2D eigenvalue weighted by atomic mass is 35.5. The maximum Gasteiger partial charge on any atom is 0.264 e. The largest absolute Gasteiger partial charge is 0.497 e. The van der Waals surface area contributed by atoms with Gasteiger partial charge < -0.3 is 19.5 Å². The lowest BCUT2D eigenvalue weighted by Crippen LogP contribution is -2.19. The first kappa shape index (κ1) is 22.8. The molecule has 33 heavy (non-hydrogen) atoms. The number of nitrogens with one attached hydrogen (secondary N) is 1. The number of methoxy groups -OCH3 is 2. The Kier molecular flexibility index (Phi) is 7.22. The van der Waals surface area contributed by atoms with E-state index in [1.54, 1.807) is 20.3 Å². The summed E-state index contributed by atoms with van der Waals surface area (Å²) < 4.78 is 16.5. The molecule has 1 heterocycles. The van der Waals surface area contributed by atoms with Crippen LogP contribution in [0.2, 0.25) is 5.02 Å². The number of carbonyl (C=O) groups is 1. The molecule has 168 valence electrons. The Labute approximate surface area is 201 Å². The van der Waals surface area contributed by atoms with Gasteiger partial charge in [-0.25, -0.2) is 4.99 Å². The Morgan fingerprint density at radius 1 is 1.00 bits per heavy atom. The number of amidine groups is 1. The lowest BCUT2D eigenvalue weighted by Gasteiger charge is -2.12. The Balaban J connectivity index is 1.48. The highest BCUT2D eigenvalue weighted by molar-refractivity contribution is 8.18. The summed E-state index contributed by atoms with van der Waals surface area (Å²) in [6.07, 6.45) is 1.79. The fourth-order valence-electron chi connectivity index (χ4n) is 3.07. The zero-order valence-electron chi connectivity index (χ0n) is 18.0. The number of hydrogen-bond donors (Lipinski definition) is 1. The Hall–Kier alpha value is -3.42. The Morgan fingerprint density at radius 3 is 2.52 bits per heavy atom. The van der Waals surface area contributed by atoms with Gasteiger partial charge in [0, 0.05) is 10.6 Å². The van der Waals surface area contributed by atoms with Crippen LogP contribution in [0.3, 0.4) is 0 Å². The molecule has 1 saturated heterocycles. The summed E-state index contributed by atoms with van der Waals surface area (Å²) in [6.45, 7) is 0.319. The molecule has 1 aliphatic heterocycles. The molecule has 3 aromatic carbocycles. The fourth-order valence-corrected chi connectivity index (χ4v) is 4.10. The molecule has 0 saturated carbocycles. The van der Waals surface area contributed by atoms with Crippen molar-refractivity contribution in [1.82, 2.24) is 5.32 Å². The van der Waals surface area contributed by atoms with Crippen molar-refractivity contribution in [2.24, 2.45) is 4.99 Å². The third kappa shape index (κ3) is 5.69. The highest BCUT2D eigenvalue weighted by Crippen LogP contribution is 2.33. The second kappa shape index (κ2) is 10.5. The van der Waals surface area contributed by atoms with Gasteiger partial charge in [-0.05, 0) is 65.9 Å². The molecular formula is C25H21ClN2O4S. The number of amides is 1. The molecule has 1 N–H and O–H groups in total. The molecule has 0 aromatic heterocycles. The summed E-state index contributed by atoms with van der Waals surface area (Å²) in [5.41, 5.74) is 2.41. The smallest absolute Gasteiger partial charge is 0.264 e. The van der Waals surface area contributed by atoms with Crippen molar-refractivity contribution in [3.05, 3.63) is 87.8 Å². The molecule has 0 aliphatic carbocycles. The average Bonchev–Trinajstić information content (AvgIpc) is 3.17. The fraction of sp³-hybridized carbons (Fsp3) is 0.120. The standard InChI is InChI=1S/C25H21ClN2O4S/c1-30-19-10-8-18(9-11-19)27-25-28-24(29)23(33-25)14-16-7-12-21(22(13-16)31-2)32-15-17-5-3-4-6-20(17)26/h3-14H,15H2,1-2H3,(H,27,28,29)/b23-14-. The minimum Gasteiger partial charge on any atom is -0.497 e. The molecule has 0 unspecified atom stereocenters. The van der Waals surface area contributed by atoms with Crippen LogP contribution in [0, 0.1) is 0 Å². The number of nitrogens with zero attached hydrogens (tertiary/aromatic N) is 1. The number of halogens is 1. The van der Waals surface area contributed by atoms with E-state index >= 15 is 0 Å². The third-order valence-electron chi connectivity index (χ3n) is 4.78. The number of aliphatic imine (C=N–C) groups is 1. The van der Waals surface area contributed by atoms with E-state index in [0.717, 1.165) is 22.6 Å². The molecule has 3 aromatic rings. The number of hydrogen-bond acceptors (Lipinski definition) is 6. The normalized spacial score (nSPS) is 15.5. The second-order valence-corrected chi connectivity index (χ2v) is 8.41. The van der Waals surface area contributed by atoms with Crippen LogP contribution < -0.4 is 19.5 Å². The van der Waals surface area contributed by atoms with Gasteiger partial charge in [0.05, 0.1) is 24.8 Å².